The van der Waals surface area contributed by atoms with Crippen LogP contribution < -0.4 is 0 Å². The Morgan fingerprint density at radius 2 is 0.531 bits per heavy atom. The summed E-state index contributed by atoms with van der Waals surface area (Å²) in [5, 5.41) is 9.65. The highest BCUT2D eigenvalue weighted by Crippen LogP contribution is 2.17. The third-order valence-corrected chi connectivity index (χ3v) is 5.55. The van der Waals surface area contributed by atoms with Gasteiger partial charge in [0.05, 0.1) is 0 Å². The lowest BCUT2D eigenvalue weighted by molar-refractivity contribution is 1.22. The van der Waals surface area contributed by atoms with Gasteiger partial charge in [-0.2, -0.15) is 0 Å². The Bertz CT molecular complexity index is 1040. The Hall–Kier alpha value is -3.78. The van der Waals surface area contributed by atoms with Gasteiger partial charge in [0.15, 0.2) is 0 Å². The van der Waals surface area contributed by atoms with E-state index in [0.29, 0.717) is 0 Å². The molecule has 4 aromatic carbocycles. The molecule has 4 aromatic rings. The van der Waals surface area contributed by atoms with Crippen LogP contribution in [0.5, 0.6) is 0 Å². The largest absolute Gasteiger partial charge is 0.149 e. The Balaban J connectivity index is 1.88. The fourth-order valence-corrected chi connectivity index (χ4v) is 3.51. The molecule has 2 heteroatoms. The van der Waals surface area contributed by atoms with Crippen LogP contribution in [0.15, 0.2) is 107 Å². The normalized spacial score (nSPS) is 10.5. The highest BCUT2D eigenvalue weighted by atomic mass is 15.2. The molecule has 0 aromatic heterocycles. The van der Waals surface area contributed by atoms with Gasteiger partial charge in [-0.3, -0.25) is 0 Å². The molecule has 0 radical (unpaired) electrons. The van der Waals surface area contributed by atoms with Gasteiger partial charge in [-0.05, 0) is 27.7 Å². The molecule has 4 rings (SSSR count). The second-order valence-electron chi connectivity index (χ2n) is 8.36. The number of benzene rings is 4. The minimum Gasteiger partial charge on any atom is -0.149 e. The molecule has 0 aliphatic rings. The predicted octanol–water partition coefficient (Wildman–Crippen LogP) is 7.21. The van der Waals surface area contributed by atoms with Crippen LogP contribution in [-0.4, -0.2) is 11.4 Å². The van der Waals surface area contributed by atoms with E-state index in [0.717, 1.165) is 33.7 Å². The van der Waals surface area contributed by atoms with Crippen LogP contribution in [0.2, 0.25) is 0 Å². The number of rotatable bonds is 5. The molecule has 0 aliphatic heterocycles. The fourth-order valence-electron chi connectivity index (χ4n) is 3.51. The monoisotopic (exact) mass is 416 g/mol. The van der Waals surface area contributed by atoms with Crippen molar-refractivity contribution in [1.29, 1.82) is 0 Å². The summed E-state index contributed by atoms with van der Waals surface area (Å²) in [5.74, 6) is 0. The smallest absolute Gasteiger partial charge is 0.100 e. The maximum atomic E-state index is 4.83. The summed E-state index contributed by atoms with van der Waals surface area (Å²) in [6.45, 7) is 8.38. The summed E-state index contributed by atoms with van der Waals surface area (Å²) in [4.78, 5) is 0. The van der Waals surface area contributed by atoms with Crippen molar-refractivity contribution < 1.29 is 0 Å². The molecule has 0 aliphatic carbocycles. The zero-order chi connectivity index (χ0) is 22.5. The predicted molar refractivity (Wildman–Crippen MR) is 136 cm³/mol. The lowest BCUT2D eigenvalue weighted by atomic mass is 10.00. The second kappa shape index (κ2) is 9.57. The first kappa shape index (κ1) is 21.5. The molecule has 158 valence electrons. The van der Waals surface area contributed by atoms with Gasteiger partial charge in [0.25, 0.3) is 0 Å². The van der Waals surface area contributed by atoms with E-state index >= 15 is 0 Å². The lowest BCUT2D eigenvalue weighted by Gasteiger charge is -2.10. The van der Waals surface area contributed by atoms with Crippen LogP contribution in [-0.2, 0) is 0 Å². The van der Waals surface area contributed by atoms with Crippen LogP contribution >= 0.6 is 0 Å². The van der Waals surface area contributed by atoms with Gasteiger partial charge >= 0.3 is 0 Å². The van der Waals surface area contributed by atoms with Crippen molar-refractivity contribution in [3.8, 4) is 0 Å². The van der Waals surface area contributed by atoms with E-state index in [1.807, 2.05) is 0 Å². The molecule has 2 nitrogen and oxygen atoms in total. The van der Waals surface area contributed by atoms with E-state index in [1.54, 1.807) is 0 Å². The molecule has 0 amide bonds. The molecule has 0 saturated carbocycles. The molecule has 0 atom stereocenters. The van der Waals surface area contributed by atoms with Gasteiger partial charge in [-0.1, -0.05) is 119 Å². The van der Waals surface area contributed by atoms with Crippen molar-refractivity contribution in [1.82, 2.24) is 0 Å². The summed E-state index contributed by atoms with van der Waals surface area (Å²) < 4.78 is 0. The number of hydrogen-bond donors (Lipinski definition) is 0. The van der Waals surface area contributed by atoms with Crippen LogP contribution in [0.3, 0.4) is 0 Å². The van der Waals surface area contributed by atoms with Crippen molar-refractivity contribution in [2.45, 2.75) is 27.7 Å². The summed E-state index contributed by atoms with van der Waals surface area (Å²) in [6, 6.07) is 33.8. The summed E-state index contributed by atoms with van der Waals surface area (Å²) in [5.41, 5.74) is 10.8. The van der Waals surface area contributed by atoms with Crippen molar-refractivity contribution in [3.63, 3.8) is 0 Å². The molecule has 0 heterocycles. The van der Waals surface area contributed by atoms with Gasteiger partial charge in [0.2, 0.25) is 0 Å². The van der Waals surface area contributed by atoms with Crippen molar-refractivity contribution in [2.24, 2.45) is 10.2 Å². The lowest BCUT2D eigenvalue weighted by Crippen LogP contribution is -2.06. The fraction of sp³-hybridized carbons (Fsp3) is 0.133. The molecule has 0 fully saturated rings. The first-order valence-electron chi connectivity index (χ1n) is 10.9. The second-order valence-corrected chi connectivity index (χ2v) is 8.36. The maximum Gasteiger partial charge on any atom is 0.100 e. The SMILES string of the molecule is Cc1ccc(C(=NN=C(c2ccc(C)cc2)c2ccc(C)cc2)c2ccc(C)cc2)cc1. The van der Waals surface area contributed by atoms with E-state index in [4.69, 9.17) is 10.2 Å². The summed E-state index contributed by atoms with van der Waals surface area (Å²) in [7, 11) is 0. The van der Waals surface area contributed by atoms with Crippen LogP contribution in [0.4, 0.5) is 0 Å². The third kappa shape index (κ3) is 5.09. The van der Waals surface area contributed by atoms with Gasteiger partial charge < -0.3 is 0 Å². The van der Waals surface area contributed by atoms with E-state index < -0.39 is 0 Å². The number of nitrogens with zero attached hydrogens (tertiary/aromatic N) is 2. The van der Waals surface area contributed by atoms with E-state index in [-0.39, 0.29) is 0 Å². The Labute approximate surface area is 191 Å². The third-order valence-electron chi connectivity index (χ3n) is 5.55. The minimum absolute atomic E-state index is 0.863. The topological polar surface area (TPSA) is 24.7 Å². The summed E-state index contributed by atoms with van der Waals surface area (Å²) in [6.07, 6.45) is 0. The van der Waals surface area contributed by atoms with Crippen molar-refractivity contribution in [3.05, 3.63) is 142 Å². The zero-order valence-electron chi connectivity index (χ0n) is 19.1. The molecule has 32 heavy (non-hydrogen) atoms. The molecular formula is C30H28N2. The highest BCUT2D eigenvalue weighted by Gasteiger charge is 2.10. The molecule has 0 unspecified atom stereocenters. The van der Waals surface area contributed by atoms with E-state index in [9.17, 15) is 0 Å². The zero-order valence-corrected chi connectivity index (χ0v) is 19.1. The minimum atomic E-state index is 0.863. The highest BCUT2D eigenvalue weighted by molar-refractivity contribution is 6.15. The number of hydrogen-bond acceptors (Lipinski definition) is 2. The first-order valence-corrected chi connectivity index (χ1v) is 10.9. The Morgan fingerprint density at radius 3 is 0.719 bits per heavy atom. The molecule has 0 bridgehead atoms. The Kier molecular flexibility index (Phi) is 6.42. The first-order chi connectivity index (χ1) is 15.5. The van der Waals surface area contributed by atoms with E-state index in [2.05, 4.69) is 125 Å². The van der Waals surface area contributed by atoms with Gasteiger partial charge in [0.1, 0.15) is 11.4 Å². The van der Waals surface area contributed by atoms with Gasteiger partial charge in [-0.15, -0.1) is 10.2 Å². The van der Waals surface area contributed by atoms with E-state index in [1.165, 1.54) is 22.3 Å². The maximum absolute atomic E-state index is 4.83. The van der Waals surface area contributed by atoms with Crippen LogP contribution in [0.1, 0.15) is 44.5 Å². The van der Waals surface area contributed by atoms with Crippen LogP contribution in [0, 0.1) is 27.7 Å². The molecule has 0 saturated heterocycles. The van der Waals surface area contributed by atoms with Crippen molar-refractivity contribution in [2.75, 3.05) is 0 Å². The quantitative estimate of drug-likeness (QED) is 0.242. The Morgan fingerprint density at radius 1 is 0.344 bits per heavy atom. The molecule has 0 spiro atoms. The molecule has 0 N–H and O–H groups in total. The van der Waals surface area contributed by atoms with Gasteiger partial charge in [-0.25, -0.2) is 0 Å². The van der Waals surface area contributed by atoms with Crippen molar-refractivity contribution >= 4 is 11.4 Å². The standard InChI is InChI=1S/C30H28N2/c1-21-5-13-25(14-6-21)29(26-15-7-22(2)8-16-26)31-32-30(27-17-9-23(3)10-18-27)28-19-11-24(4)12-20-28/h5-20H,1-4H3. The average Bonchev–Trinajstić information content (AvgIpc) is 2.80. The van der Waals surface area contributed by atoms with Gasteiger partial charge in [0, 0.05) is 22.3 Å². The van der Waals surface area contributed by atoms with Crippen LogP contribution in [0.25, 0.3) is 0 Å². The molecular weight excluding hydrogens is 388 g/mol. The average molecular weight is 417 g/mol. The summed E-state index contributed by atoms with van der Waals surface area (Å²) >= 11 is 0. The number of aryl methyl sites for hydroxylation is 4.